The lowest BCUT2D eigenvalue weighted by molar-refractivity contribution is -0.117. The fourth-order valence-electron chi connectivity index (χ4n) is 4.02. The van der Waals surface area contributed by atoms with Gasteiger partial charge in [-0.1, -0.05) is 13.8 Å². The second-order valence-electron chi connectivity index (χ2n) is 7.24. The predicted octanol–water partition coefficient (Wildman–Crippen LogP) is 3.08. The standard InChI is InChI=1S/C21H27N5O2/c1-6-17-13(3)20(25-19-11-23-12(2)10-24-19)16-9-15(21(28)22-5)7-8-18(16)26(17)14(4)27/h7-11,13,17,20H,6H2,1-5H3,(H,22,28)(H,24,25)/t13-,17-,20?/m0/s1. The molecule has 1 aromatic carbocycles. The van der Waals surface area contributed by atoms with Crippen molar-refractivity contribution in [2.24, 2.45) is 5.92 Å². The van der Waals surface area contributed by atoms with Crippen LogP contribution in [0.15, 0.2) is 30.6 Å². The number of aryl methyl sites for hydroxylation is 1. The van der Waals surface area contributed by atoms with Crippen LogP contribution in [0.3, 0.4) is 0 Å². The van der Waals surface area contributed by atoms with Crippen LogP contribution in [-0.2, 0) is 4.79 Å². The van der Waals surface area contributed by atoms with E-state index < -0.39 is 0 Å². The molecule has 1 aromatic heterocycles. The Morgan fingerprint density at radius 2 is 1.96 bits per heavy atom. The van der Waals surface area contributed by atoms with Crippen LogP contribution in [0.25, 0.3) is 0 Å². The highest BCUT2D eigenvalue weighted by Gasteiger charge is 2.40. The van der Waals surface area contributed by atoms with Gasteiger partial charge < -0.3 is 15.5 Å². The number of hydrogen-bond donors (Lipinski definition) is 2. The number of carbonyl (C=O) groups excluding carboxylic acids is 2. The lowest BCUT2D eigenvalue weighted by atomic mass is 9.80. The van der Waals surface area contributed by atoms with Crippen molar-refractivity contribution >= 4 is 23.3 Å². The number of nitrogens with one attached hydrogen (secondary N) is 2. The third-order valence-electron chi connectivity index (χ3n) is 5.42. The third-order valence-corrected chi connectivity index (χ3v) is 5.42. The van der Waals surface area contributed by atoms with Crippen LogP contribution in [0.4, 0.5) is 11.5 Å². The molecule has 7 nitrogen and oxygen atoms in total. The van der Waals surface area contributed by atoms with Crippen LogP contribution in [0.2, 0.25) is 0 Å². The minimum atomic E-state index is -0.156. The lowest BCUT2D eigenvalue weighted by Crippen LogP contribution is -2.49. The molecule has 0 radical (unpaired) electrons. The van der Waals surface area contributed by atoms with Crippen molar-refractivity contribution in [1.29, 1.82) is 0 Å². The summed E-state index contributed by atoms with van der Waals surface area (Å²) in [6.07, 6.45) is 4.26. The van der Waals surface area contributed by atoms with Crippen LogP contribution in [0.1, 0.15) is 54.8 Å². The normalized spacial score (nSPS) is 21.0. The van der Waals surface area contributed by atoms with Crippen LogP contribution >= 0.6 is 0 Å². The summed E-state index contributed by atoms with van der Waals surface area (Å²) in [5.74, 6) is 0.631. The molecule has 3 rings (SSSR count). The Hall–Kier alpha value is -2.96. The molecule has 0 spiro atoms. The van der Waals surface area contributed by atoms with Crippen LogP contribution in [0.5, 0.6) is 0 Å². The predicted molar refractivity (Wildman–Crippen MR) is 109 cm³/mol. The van der Waals surface area contributed by atoms with Crippen molar-refractivity contribution in [2.75, 3.05) is 17.3 Å². The van der Waals surface area contributed by atoms with E-state index in [1.54, 1.807) is 32.4 Å². The molecule has 7 heteroatoms. The summed E-state index contributed by atoms with van der Waals surface area (Å²) >= 11 is 0. The van der Waals surface area contributed by atoms with E-state index >= 15 is 0 Å². The van der Waals surface area contributed by atoms with Crippen molar-refractivity contribution in [2.45, 2.75) is 46.2 Å². The highest BCUT2D eigenvalue weighted by molar-refractivity contribution is 5.97. The summed E-state index contributed by atoms with van der Waals surface area (Å²) in [5.41, 5.74) is 3.16. The average Bonchev–Trinajstić information content (AvgIpc) is 2.69. The molecule has 3 atom stereocenters. The number of benzene rings is 1. The summed E-state index contributed by atoms with van der Waals surface area (Å²) < 4.78 is 0. The van der Waals surface area contributed by atoms with Crippen LogP contribution in [0, 0.1) is 12.8 Å². The first-order chi connectivity index (χ1) is 13.4. The fraction of sp³-hybridized carbons (Fsp3) is 0.429. The van der Waals surface area contributed by atoms with E-state index in [9.17, 15) is 9.59 Å². The second-order valence-corrected chi connectivity index (χ2v) is 7.24. The highest BCUT2D eigenvalue weighted by atomic mass is 16.2. The molecule has 1 aliphatic heterocycles. The maximum atomic E-state index is 12.5. The molecule has 1 unspecified atom stereocenters. The van der Waals surface area contributed by atoms with Gasteiger partial charge in [0.2, 0.25) is 5.91 Å². The Bertz CT molecular complexity index is 881. The highest BCUT2D eigenvalue weighted by Crippen LogP contribution is 2.43. The van der Waals surface area contributed by atoms with Gasteiger partial charge in [-0.2, -0.15) is 0 Å². The van der Waals surface area contributed by atoms with E-state index in [0.29, 0.717) is 11.4 Å². The van der Waals surface area contributed by atoms with Crippen molar-refractivity contribution in [3.05, 3.63) is 47.4 Å². The topological polar surface area (TPSA) is 87.2 Å². The number of amides is 2. The Balaban J connectivity index is 2.12. The Labute approximate surface area is 165 Å². The van der Waals surface area contributed by atoms with Gasteiger partial charge in [-0.3, -0.25) is 14.6 Å². The number of aromatic nitrogens is 2. The van der Waals surface area contributed by atoms with Gasteiger partial charge in [0.25, 0.3) is 5.91 Å². The summed E-state index contributed by atoms with van der Waals surface area (Å²) in [6.45, 7) is 7.69. The SMILES string of the molecule is CC[C@H]1[C@H](C)C(Nc2cnc(C)cn2)c2cc(C(=O)NC)ccc2N1C(C)=O. The zero-order valence-electron chi connectivity index (χ0n) is 17.0. The van der Waals surface area contributed by atoms with Gasteiger partial charge in [-0.05, 0) is 37.1 Å². The molecule has 2 amide bonds. The van der Waals surface area contributed by atoms with Gasteiger partial charge in [0.05, 0.1) is 24.1 Å². The second kappa shape index (κ2) is 7.96. The van der Waals surface area contributed by atoms with Gasteiger partial charge in [0.1, 0.15) is 5.82 Å². The summed E-state index contributed by atoms with van der Waals surface area (Å²) in [4.78, 5) is 35.2. The van der Waals surface area contributed by atoms with Crippen molar-refractivity contribution in [1.82, 2.24) is 15.3 Å². The molecule has 148 valence electrons. The molecule has 2 heterocycles. The summed E-state index contributed by atoms with van der Waals surface area (Å²) in [6, 6.07) is 5.44. The number of hydrogen-bond acceptors (Lipinski definition) is 5. The molecular formula is C21H27N5O2. The maximum Gasteiger partial charge on any atom is 0.251 e. The number of nitrogens with zero attached hydrogens (tertiary/aromatic N) is 3. The first-order valence-corrected chi connectivity index (χ1v) is 9.58. The van der Waals surface area contributed by atoms with Gasteiger partial charge in [-0.25, -0.2) is 4.98 Å². The zero-order valence-corrected chi connectivity index (χ0v) is 17.0. The van der Waals surface area contributed by atoms with Crippen LogP contribution < -0.4 is 15.5 Å². The number of rotatable bonds is 4. The largest absolute Gasteiger partial charge is 0.362 e. The van der Waals surface area contributed by atoms with E-state index in [4.69, 9.17) is 0 Å². The third kappa shape index (κ3) is 3.56. The lowest BCUT2D eigenvalue weighted by Gasteiger charge is -2.45. The molecule has 0 saturated heterocycles. The summed E-state index contributed by atoms with van der Waals surface area (Å²) in [7, 11) is 1.61. The van der Waals surface area contributed by atoms with E-state index in [2.05, 4.69) is 34.4 Å². The number of anilines is 2. The zero-order chi connectivity index (χ0) is 20.4. The van der Waals surface area contributed by atoms with E-state index in [-0.39, 0.29) is 29.8 Å². The Kier molecular flexibility index (Phi) is 5.63. The molecule has 2 N–H and O–H groups in total. The molecule has 0 bridgehead atoms. The minimum absolute atomic E-state index is 0.00113. The van der Waals surface area contributed by atoms with Crippen LogP contribution in [-0.4, -0.2) is 34.9 Å². The van der Waals surface area contributed by atoms with Crippen molar-refractivity contribution in [3.8, 4) is 0 Å². The molecule has 28 heavy (non-hydrogen) atoms. The Morgan fingerprint density at radius 3 is 2.54 bits per heavy atom. The number of carbonyl (C=O) groups is 2. The first-order valence-electron chi connectivity index (χ1n) is 9.58. The van der Waals surface area contributed by atoms with E-state index in [0.717, 1.165) is 23.4 Å². The van der Waals surface area contributed by atoms with Gasteiger partial charge in [-0.15, -0.1) is 0 Å². The monoisotopic (exact) mass is 381 g/mol. The number of fused-ring (bicyclic) bond motifs is 1. The molecule has 1 aliphatic rings. The van der Waals surface area contributed by atoms with Crippen molar-refractivity contribution < 1.29 is 9.59 Å². The fourth-order valence-corrected chi connectivity index (χ4v) is 4.02. The maximum absolute atomic E-state index is 12.5. The smallest absolute Gasteiger partial charge is 0.251 e. The average molecular weight is 381 g/mol. The minimum Gasteiger partial charge on any atom is -0.362 e. The Morgan fingerprint density at radius 1 is 1.21 bits per heavy atom. The molecule has 0 aliphatic carbocycles. The quantitative estimate of drug-likeness (QED) is 0.850. The molecule has 0 saturated carbocycles. The molecule has 0 fully saturated rings. The van der Waals surface area contributed by atoms with Crippen molar-refractivity contribution in [3.63, 3.8) is 0 Å². The van der Waals surface area contributed by atoms with Gasteiger partial charge >= 0.3 is 0 Å². The van der Waals surface area contributed by atoms with Gasteiger partial charge in [0.15, 0.2) is 0 Å². The van der Waals surface area contributed by atoms with E-state index in [1.807, 2.05) is 24.0 Å². The summed E-state index contributed by atoms with van der Waals surface area (Å²) in [5, 5.41) is 6.14. The van der Waals surface area contributed by atoms with E-state index in [1.165, 1.54) is 0 Å². The molecular weight excluding hydrogens is 354 g/mol. The first kappa shape index (κ1) is 19.8. The van der Waals surface area contributed by atoms with Gasteiger partial charge in [0, 0.05) is 37.2 Å². The molecule has 2 aromatic rings.